The standard InChI is InChI=1S/C35H36N4O10S/c1-23(22-50-18-17-28(40)47-2)32-31(34(43)38(32)19-29(41)48-20-25-13-15-27(16-14-25)39(45)46)36-33(42)30(26-11-7-4-8-12-26)37-35(44)49-21-24-9-5-3-6-10-24/h3-16,22,30-32H,17-21H2,1-2H3,(H,36,42)(H,37,44). The van der Waals surface area contributed by atoms with Crippen LogP contribution in [0, 0.1) is 10.1 Å². The summed E-state index contributed by atoms with van der Waals surface area (Å²) >= 11 is 1.30. The summed E-state index contributed by atoms with van der Waals surface area (Å²) in [4.78, 5) is 76.0. The zero-order valence-electron chi connectivity index (χ0n) is 27.3. The van der Waals surface area contributed by atoms with Gasteiger partial charge in [0.2, 0.25) is 11.8 Å². The van der Waals surface area contributed by atoms with Crippen molar-refractivity contribution in [3.8, 4) is 0 Å². The molecule has 1 aliphatic heterocycles. The molecule has 15 heteroatoms. The van der Waals surface area contributed by atoms with Gasteiger partial charge in [-0.3, -0.25) is 29.3 Å². The molecule has 3 unspecified atom stereocenters. The van der Waals surface area contributed by atoms with Gasteiger partial charge in [0.15, 0.2) is 0 Å². The maximum atomic E-state index is 13.7. The number of thioether (sulfide) groups is 1. The highest BCUT2D eigenvalue weighted by molar-refractivity contribution is 8.02. The highest BCUT2D eigenvalue weighted by Crippen LogP contribution is 2.29. The minimum absolute atomic E-state index is 0.0220. The summed E-state index contributed by atoms with van der Waals surface area (Å²) in [6, 6.07) is 19.9. The summed E-state index contributed by atoms with van der Waals surface area (Å²) in [5.41, 5.74) is 2.23. The van der Waals surface area contributed by atoms with E-state index >= 15 is 0 Å². The van der Waals surface area contributed by atoms with Crippen LogP contribution in [-0.2, 0) is 46.6 Å². The monoisotopic (exact) mass is 704 g/mol. The van der Waals surface area contributed by atoms with Gasteiger partial charge in [0.1, 0.15) is 31.8 Å². The zero-order valence-corrected chi connectivity index (χ0v) is 28.1. The molecule has 0 saturated carbocycles. The number of amides is 3. The number of ether oxygens (including phenoxy) is 3. The van der Waals surface area contributed by atoms with Crippen molar-refractivity contribution in [2.45, 2.75) is 44.7 Å². The number of esters is 2. The molecular formula is C35H36N4O10S. The summed E-state index contributed by atoms with van der Waals surface area (Å²) in [6.45, 7) is 1.09. The maximum absolute atomic E-state index is 13.7. The number of nitrogens with one attached hydrogen (secondary N) is 2. The fraction of sp³-hybridized carbons (Fsp3) is 0.286. The van der Waals surface area contributed by atoms with Crippen molar-refractivity contribution in [3.05, 3.63) is 123 Å². The Morgan fingerprint density at radius 2 is 1.54 bits per heavy atom. The molecule has 1 heterocycles. The van der Waals surface area contributed by atoms with Gasteiger partial charge in [0, 0.05) is 17.9 Å². The quantitative estimate of drug-likeness (QED) is 0.0544. The Balaban J connectivity index is 1.46. The van der Waals surface area contributed by atoms with E-state index in [1.807, 2.05) is 6.07 Å². The Morgan fingerprint density at radius 1 is 0.920 bits per heavy atom. The Kier molecular flexibility index (Phi) is 13.5. The van der Waals surface area contributed by atoms with E-state index < -0.39 is 53.5 Å². The molecule has 50 heavy (non-hydrogen) atoms. The molecule has 1 fully saturated rings. The minimum Gasteiger partial charge on any atom is -0.469 e. The second-order valence-electron chi connectivity index (χ2n) is 11.1. The first-order valence-corrected chi connectivity index (χ1v) is 16.5. The number of hydrogen-bond acceptors (Lipinski definition) is 11. The number of carbonyl (C=O) groups excluding carboxylic acids is 5. The number of alkyl carbamates (subject to hydrolysis) is 1. The van der Waals surface area contributed by atoms with Crippen LogP contribution in [0.4, 0.5) is 10.5 Å². The number of nitro benzene ring substituents is 1. The van der Waals surface area contributed by atoms with Crippen LogP contribution in [0.1, 0.15) is 36.1 Å². The summed E-state index contributed by atoms with van der Waals surface area (Å²) in [6.07, 6.45) is -0.692. The van der Waals surface area contributed by atoms with E-state index in [0.29, 0.717) is 22.5 Å². The van der Waals surface area contributed by atoms with Gasteiger partial charge in [-0.15, -0.1) is 11.8 Å². The van der Waals surface area contributed by atoms with E-state index in [-0.39, 0.29) is 31.3 Å². The molecular weight excluding hydrogens is 668 g/mol. The zero-order chi connectivity index (χ0) is 36.0. The molecule has 4 rings (SSSR count). The fourth-order valence-electron chi connectivity index (χ4n) is 5.01. The van der Waals surface area contributed by atoms with Gasteiger partial charge in [0.05, 0.1) is 24.5 Å². The molecule has 3 atom stereocenters. The average Bonchev–Trinajstić information content (AvgIpc) is 3.13. The van der Waals surface area contributed by atoms with E-state index in [4.69, 9.17) is 9.47 Å². The molecule has 0 radical (unpaired) electrons. The molecule has 0 spiro atoms. The van der Waals surface area contributed by atoms with Crippen molar-refractivity contribution < 1.29 is 43.1 Å². The second kappa shape index (κ2) is 18.2. The molecule has 0 aliphatic carbocycles. The molecule has 3 amide bonds. The number of nitro groups is 1. The first-order valence-electron chi connectivity index (χ1n) is 15.4. The summed E-state index contributed by atoms with van der Waals surface area (Å²) in [7, 11) is 1.29. The third-order valence-corrected chi connectivity index (χ3v) is 8.58. The highest BCUT2D eigenvalue weighted by Gasteiger charge is 2.50. The molecule has 3 aromatic rings. The smallest absolute Gasteiger partial charge is 0.408 e. The largest absolute Gasteiger partial charge is 0.469 e. The first kappa shape index (κ1) is 37.1. The molecule has 14 nitrogen and oxygen atoms in total. The van der Waals surface area contributed by atoms with Crippen LogP contribution in [-0.4, -0.2) is 71.2 Å². The normalized spacial score (nSPS) is 16.0. The van der Waals surface area contributed by atoms with Gasteiger partial charge in [-0.05, 0) is 46.7 Å². The average molecular weight is 705 g/mol. The van der Waals surface area contributed by atoms with Crippen molar-refractivity contribution in [1.29, 1.82) is 0 Å². The maximum Gasteiger partial charge on any atom is 0.408 e. The van der Waals surface area contributed by atoms with Crippen LogP contribution in [0.5, 0.6) is 0 Å². The lowest BCUT2D eigenvalue weighted by Gasteiger charge is -2.47. The first-order chi connectivity index (χ1) is 24.1. The topological polar surface area (TPSA) is 183 Å². The highest BCUT2D eigenvalue weighted by atomic mass is 32.2. The number of hydrogen-bond donors (Lipinski definition) is 2. The van der Waals surface area contributed by atoms with Crippen LogP contribution in [0.3, 0.4) is 0 Å². The number of carbonyl (C=O) groups is 5. The van der Waals surface area contributed by atoms with Crippen molar-refractivity contribution in [3.63, 3.8) is 0 Å². The molecule has 3 aromatic carbocycles. The van der Waals surface area contributed by atoms with Gasteiger partial charge >= 0.3 is 18.0 Å². The van der Waals surface area contributed by atoms with E-state index in [0.717, 1.165) is 5.56 Å². The number of β-lactam (4-membered cyclic amide) rings is 1. The van der Waals surface area contributed by atoms with Crippen molar-refractivity contribution in [2.24, 2.45) is 0 Å². The van der Waals surface area contributed by atoms with Gasteiger partial charge in [0.25, 0.3) is 5.69 Å². The van der Waals surface area contributed by atoms with Crippen molar-refractivity contribution in [2.75, 3.05) is 19.4 Å². The molecule has 2 N–H and O–H groups in total. The SMILES string of the molecule is COC(=O)CCSC=C(C)C1C(NC(=O)C(NC(=O)OCc2ccccc2)c2ccccc2)C(=O)N1CC(=O)OCc1ccc([N+](=O)[O-])cc1. The third kappa shape index (κ3) is 10.4. The third-order valence-electron chi connectivity index (χ3n) is 7.60. The second-order valence-corrected chi connectivity index (χ2v) is 12.1. The van der Waals surface area contributed by atoms with Crippen LogP contribution >= 0.6 is 11.8 Å². The van der Waals surface area contributed by atoms with Crippen molar-refractivity contribution in [1.82, 2.24) is 15.5 Å². The Morgan fingerprint density at radius 3 is 2.18 bits per heavy atom. The van der Waals surface area contributed by atoms with Gasteiger partial charge in [-0.1, -0.05) is 60.7 Å². The number of methoxy groups -OCH3 is 1. The molecule has 0 aromatic heterocycles. The number of rotatable bonds is 16. The predicted octanol–water partition coefficient (Wildman–Crippen LogP) is 4.20. The predicted molar refractivity (Wildman–Crippen MR) is 182 cm³/mol. The van der Waals surface area contributed by atoms with E-state index in [1.54, 1.807) is 66.9 Å². The molecule has 0 bridgehead atoms. The lowest BCUT2D eigenvalue weighted by Crippen LogP contribution is -2.72. The molecule has 1 aliphatic rings. The minimum atomic E-state index is -1.22. The van der Waals surface area contributed by atoms with Gasteiger partial charge < -0.3 is 29.7 Å². The van der Waals surface area contributed by atoms with E-state index in [1.165, 1.54) is 48.0 Å². The number of non-ortho nitro benzene ring substituents is 1. The molecule has 262 valence electrons. The summed E-state index contributed by atoms with van der Waals surface area (Å²) in [5, 5.41) is 18.0. The van der Waals surface area contributed by atoms with Crippen molar-refractivity contribution >= 4 is 47.3 Å². The lowest BCUT2D eigenvalue weighted by molar-refractivity contribution is -0.384. The van der Waals surface area contributed by atoms with Crippen LogP contribution in [0.15, 0.2) is 95.9 Å². The fourth-order valence-corrected chi connectivity index (χ4v) is 5.81. The van der Waals surface area contributed by atoms with Crippen LogP contribution in [0.25, 0.3) is 0 Å². The summed E-state index contributed by atoms with van der Waals surface area (Å²) < 4.78 is 15.3. The molecule has 1 saturated heterocycles. The number of nitrogens with zero attached hydrogens (tertiary/aromatic N) is 2. The van der Waals surface area contributed by atoms with E-state index in [2.05, 4.69) is 15.4 Å². The Bertz CT molecular complexity index is 1700. The van der Waals surface area contributed by atoms with Crippen LogP contribution < -0.4 is 10.6 Å². The van der Waals surface area contributed by atoms with Gasteiger partial charge in [-0.25, -0.2) is 4.79 Å². The number of benzene rings is 3. The Labute approximate surface area is 292 Å². The van der Waals surface area contributed by atoms with E-state index in [9.17, 15) is 34.1 Å². The van der Waals surface area contributed by atoms with Gasteiger partial charge in [-0.2, -0.15) is 0 Å². The number of likely N-dealkylation sites (tertiary alicyclic amines) is 1. The Hall–Kier alpha value is -5.70. The summed E-state index contributed by atoms with van der Waals surface area (Å²) in [5.74, 6) is -1.96. The lowest BCUT2D eigenvalue weighted by atomic mass is 9.89. The van der Waals surface area contributed by atoms with Crippen LogP contribution in [0.2, 0.25) is 0 Å².